The summed E-state index contributed by atoms with van der Waals surface area (Å²) in [4.78, 5) is 6.60. The van der Waals surface area contributed by atoms with E-state index >= 15 is 0 Å². The Balaban J connectivity index is 2.10. The van der Waals surface area contributed by atoms with E-state index in [0.717, 1.165) is 43.9 Å². The van der Waals surface area contributed by atoms with Gasteiger partial charge < -0.3 is 14.7 Å². The Morgan fingerprint density at radius 1 is 1.59 bits per heavy atom. The summed E-state index contributed by atoms with van der Waals surface area (Å²) in [6.45, 7) is 4.69. The van der Waals surface area contributed by atoms with Gasteiger partial charge in [-0.25, -0.2) is 4.98 Å². The van der Waals surface area contributed by atoms with Crippen LogP contribution in [0.25, 0.3) is 0 Å². The molecule has 1 fully saturated rings. The minimum absolute atomic E-state index is 0.0406. The van der Waals surface area contributed by atoms with Crippen molar-refractivity contribution in [2.75, 3.05) is 24.6 Å². The fourth-order valence-electron chi connectivity index (χ4n) is 2.34. The second kappa shape index (κ2) is 5.98. The van der Waals surface area contributed by atoms with Crippen LogP contribution in [0.5, 0.6) is 0 Å². The summed E-state index contributed by atoms with van der Waals surface area (Å²) in [5, 5.41) is 9.32. The summed E-state index contributed by atoms with van der Waals surface area (Å²) in [5.74, 6) is 0.902. The molecule has 0 spiro atoms. The highest BCUT2D eigenvalue weighted by Crippen LogP contribution is 2.22. The number of aromatic nitrogens is 1. The molecular weight excluding hydrogens is 216 g/mol. The van der Waals surface area contributed by atoms with E-state index in [2.05, 4.69) is 9.88 Å². The third-order valence-corrected chi connectivity index (χ3v) is 3.12. The lowest BCUT2D eigenvalue weighted by Crippen LogP contribution is -2.40. The number of anilines is 1. The molecular formula is C13H20N2O2. The van der Waals surface area contributed by atoms with Crippen LogP contribution < -0.4 is 4.90 Å². The van der Waals surface area contributed by atoms with E-state index in [4.69, 9.17) is 4.74 Å². The highest BCUT2D eigenvalue weighted by atomic mass is 16.5. The number of ether oxygens (including phenoxy) is 1. The normalized spacial score (nSPS) is 20.6. The van der Waals surface area contributed by atoms with Crippen LogP contribution in [-0.4, -0.2) is 35.9 Å². The number of hydrogen-bond donors (Lipinski definition) is 1. The van der Waals surface area contributed by atoms with Gasteiger partial charge >= 0.3 is 0 Å². The van der Waals surface area contributed by atoms with Crippen LogP contribution in [0.15, 0.2) is 18.3 Å². The number of piperidine rings is 1. The van der Waals surface area contributed by atoms with E-state index in [1.807, 2.05) is 19.1 Å². The third-order valence-electron chi connectivity index (χ3n) is 3.12. The molecule has 0 aliphatic carbocycles. The molecule has 0 aromatic carbocycles. The standard InChI is InChI=1S/C13H20N2O2/c1-2-17-12-6-4-8-15(9-12)13-11(10-16)5-3-7-14-13/h3,5,7,12,16H,2,4,6,8-10H2,1H3. The van der Waals surface area contributed by atoms with Gasteiger partial charge in [0, 0.05) is 31.5 Å². The molecule has 1 N–H and O–H groups in total. The van der Waals surface area contributed by atoms with Crippen molar-refractivity contribution < 1.29 is 9.84 Å². The highest BCUT2D eigenvalue weighted by molar-refractivity contribution is 5.46. The quantitative estimate of drug-likeness (QED) is 0.862. The maximum Gasteiger partial charge on any atom is 0.134 e. The zero-order chi connectivity index (χ0) is 12.1. The number of nitrogens with zero attached hydrogens (tertiary/aromatic N) is 2. The molecule has 94 valence electrons. The lowest BCUT2D eigenvalue weighted by Gasteiger charge is -2.34. The van der Waals surface area contributed by atoms with Gasteiger partial charge in [-0.2, -0.15) is 0 Å². The van der Waals surface area contributed by atoms with Gasteiger partial charge in [0.05, 0.1) is 12.7 Å². The molecule has 1 aliphatic rings. The van der Waals surface area contributed by atoms with Gasteiger partial charge in [0.25, 0.3) is 0 Å². The average Bonchev–Trinajstić information content (AvgIpc) is 2.39. The van der Waals surface area contributed by atoms with Crippen molar-refractivity contribution in [3.8, 4) is 0 Å². The summed E-state index contributed by atoms with van der Waals surface area (Å²) < 4.78 is 5.68. The summed E-state index contributed by atoms with van der Waals surface area (Å²) >= 11 is 0. The molecule has 1 aromatic heterocycles. The molecule has 0 saturated carbocycles. The van der Waals surface area contributed by atoms with Crippen molar-refractivity contribution in [3.05, 3.63) is 23.9 Å². The van der Waals surface area contributed by atoms with Crippen molar-refractivity contribution in [1.82, 2.24) is 4.98 Å². The molecule has 4 heteroatoms. The molecule has 1 saturated heterocycles. The zero-order valence-electron chi connectivity index (χ0n) is 10.3. The Morgan fingerprint density at radius 2 is 2.47 bits per heavy atom. The predicted octanol–water partition coefficient (Wildman–Crippen LogP) is 1.58. The van der Waals surface area contributed by atoms with Crippen LogP contribution in [0.1, 0.15) is 25.3 Å². The minimum Gasteiger partial charge on any atom is -0.392 e. The first-order valence-corrected chi connectivity index (χ1v) is 6.26. The Morgan fingerprint density at radius 3 is 3.24 bits per heavy atom. The molecule has 1 atom stereocenters. The van der Waals surface area contributed by atoms with Gasteiger partial charge in [0.1, 0.15) is 5.82 Å². The van der Waals surface area contributed by atoms with Crippen molar-refractivity contribution in [2.24, 2.45) is 0 Å². The van der Waals surface area contributed by atoms with E-state index in [-0.39, 0.29) is 6.61 Å². The summed E-state index contributed by atoms with van der Waals surface area (Å²) in [7, 11) is 0. The molecule has 0 radical (unpaired) electrons. The maximum atomic E-state index is 9.32. The fraction of sp³-hybridized carbons (Fsp3) is 0.615. The number of rotatable bonds is 4. The molecule has 1 unspecified atom stereocenters. The van der Waals surface area contributed by atoms with Crippen LogP contribution in [0.3, 0.4) is 0 Å². The zero-order valence-corrected chi connectivity index (χ0v) is 10.3. The van der Waals surface area contributed by atoms with E-state index in [9.17, 15) is 5.11 Å². The SMILES string of the molecule is CCOC1CCCN(c2ncccc2CO)C1. The second-order valence-corrected chi connectivity index (χ2v) is 4.31. The first kappa shape index (κ1) is 12.3. The van der Waals surface area contributed by atoms with Gasteiger partial charge in [0.2, 0.25) is 0 Å². The van der Waals surface area contributed by atoms with E-state index in [0.29, 0.717) is 6.10 Å². The second-order valence-electron chi connectivity index (χ2n) is 4.31. The van der Waals surface area contributed by atoms with Crippen LogP contribution in [0.4, 0.5) is 5.82 Å². The van der Waals surface area contributed by atoms with Crippen molar-refractivity contribution in [2.45, 2.75) is 32.5 Å². The summed E-state index contributed by atoms with van der Waals surface area (Å²) in [5.41, 5.74) is 0.893. The minimum atomic E-state index is 0.0406. The summed E-state index contributed by atoms with van der Waals surface area (Å²) in [6, 6.07) is 3.78. The van der Waals surface area contributed by atoms with Crippen LogP contribution in [0, 0.1) is 0 Å². The number of pyridine rings is 1. The average molecular weight is 236 g/mol. The smallest absolute Gasteiger partial charge is 0.134 e. The Bertz CT molecular complexity index is 355. The largest absolute Gasteiger partial charge is 0.392 e. The van der Waals surface area contributed by atoms with E-state index in [1.165, 1.54) is 0 Å². The Labute approximate surface area is 102 Å². The van der Waals surface area contributed by atoms with Gasteiger partial charge in [-0.05, 0) is 25.8 Å². The molecule has 17 heavy (non-hydrogen) atoms. The van der Waals surface area contributed by atoms with Gasteiger partial charge in [0.15, 0.2) is 0 Å². The van der Waals surface area contributed by atoms with Gasteiger partial charge in [-0.1, -0.05) is 6.07 Å². The highest BCUT2D eigenvalue weighted by Gasteiger charge is 2.22. The summed E-state index contributed by atoms with van der Waals surface area (Å²) in [6.07, 6.45) is 4.30. The monoisotopic (exact) mass is 236 g/mol. The topological polar surface area (TPSA) is 45.6 Å². The van der Waals surface area contributed by atoms with E-state index in [1.54, 1.807) is 6.20 Å². The number of aliphatic hydroxyl groups excluding tert-OH is 1. The molecule has 0 bridgehead atoms. The first-order chi connectivity index (χ1) is 8.35. The van der Waals surface area contributed by atoms with Crippen LogP contribution >= 0.6 is 0 Å². The van der Waals surface area contributed by atoms with Crippen molar-refractivity contribution >= 4 is 5.82 Å². The molecule has 1 aromatic rings. The molecule has 2 rings (SSSR count). The molecule has 2 heterocycles. The molecule has 0 amide bonds. The lowest BCUT2D eigenvalue weighted by atomic mass is 10.1. The van der Waals surface area contributed by atoms with E-state index < -0.39 is 0 Å². The number of hydrogen-bond acceptors (Lipinski definition) is 4. The number of aliphatic hydroxyl groups is 1. The van der Waals surface area contributed by atoms with Crippen LogP contribution in [0.2, 0.25) is 0 Å². The van der Waals surface area contributed by atoms with Crippen molar-refractivity contribution in [1.29, 1.82) is 0 Å². The predicted molar refractivity (Wildman–Crippen MR) is 67.0 cm³/mol. The molecule has 1 aliphatic heterocycles. The van der Waals surface area contributed by atoms with Gasteiger partial charge in [-0.3, -0.25) is 0 Å². The Kier molecular flexibility index (Phi) is 4.34. The first-order valence-electron chi connectivity index (χ1n) is 6.26. The van der Waals surface area contributed by atoms with Gasteiger partial charge in [-0.15, -0.1) is 0 Å². The van der Waals surface area contributed by atoms with Crippen LogP contribution in [-0.2, 0) is 11.3 Å². The molecule has 4 nitrogen and oxygen atoms in total. The fourth-order valence-corrected chi connectivity index (χ4v) is 2.34. The maximum absolute atomic E-state index is 9.32. The third kappa shape index (κ3) is 2.96. The Hall–Kier alpha value is -1.13. The van der Waals surface area contributed by atoms with Crippen molar-refractivity contribution in [3.63, 3.8) is 0 Å². The lowest BCUT2D eigenvalue weighted by molar-refractivity contribution is 0.0524.